The summed E-state index contributed by atoms with van der Waals surface area (Å²) in [6.07, 6.45) is 6.50. The van der Waals surface area contributed by atoms with Gasteiger partial charge in [0.15, 0.2) is 0 Å². The Bertz CT molecular complexity index is 1310. The Hall–Kier alpha value is -3.03. The monoisotopic (exact) mass is 423 g/mol. The minimum Gasteiger partial charge on any atom is -0.369 e. The fraction of sp³-hybridized carbons (Fsp3) is 0.400. The van der Waals surface area contributed by atoms with Gasteiger partial charge in [-0.3, -0.25) is 4.40 Å². The van der Waals surface area contributed by atoms with Crippen LogP contribution in [-0.4, -0.2) is 33.3 Å². The molecule has 9 nitrogen and oxygen atoms in total. The van der Waals surface area contributed by atoms with Gasteiger partial charge in [0.05, 0.1) is 22.1 Å². The van der Waals surface area contributed by atoms with E-state index in [0.717, 1.165) is 18.4 Å². The number of aryl methyl sites for hydroxylation is 1. The SMILES string of the molecule is Cc1ccc(S(=O)(=O)NC23CCC(C#N)(CC2)C3)cc1-c1cn2c(N)ncnc2n1. The molecule has 2 heterocycles. The second kappa shape index (κ2) is 6.23. The number of fused-ring (bicyclic) bond motifs is 3. The lowest BCUT2D eigenvalue weighted by molar-refractivity contribution is 0.361. The number of benzene rings is 1. The average molecular weight is 424 g/mol. The van der Waals surface area contributed by atoms with Crippen LogP contribution in [0.15, 0.2) is 35.6 Å². The molecule has 3 N–H and O–H groups in total. The molecule has 0 unspecified atom stereocenters. The predicted octanol–water partition coefficient (Wildman–Crippen LogP) is 2.19. The highest BCUT2D eigenvalue weighted by Crippen LogP contribution is 2.56. The number of nitrogens with one attached hydrogen (secondary N) is 1. The van der Waals surface area contributed by atoms with Crippen molar-refractivity contribution >= 4 is 21.7 Å². The van der Waals surface area contributed by atoms with Gasteiger partial charge < -0.3 is 5.73 Å². The number of hydrogen-bond acceptors (Lipinski definition) is 7. The van der Waals surface area contributed by atoms with Gasteiger partial charge in [0.2, 0.25) is 21.7 Å². The minimum absolute atomic E-state index is 0.176. The average Bonchev–Trinajstić information content (AvgIpc) is 3.40. The zero-order valence-electron chi connectivity index (χ0n) is 16.5. The quantitative estimate of drug-likeness (QED) is 0.655. The van der Waals surface area contributed by atoms with Crippen molar-refractivity contribution < 1.29 is 8.42 Å². The number of sulfonamides is 1. The maximum absolute atomic E-state index is 13.2. The zero-order chi connectivity index (χ0) is 21.1. The van der Waals surface area contributed by atoms with Crippen molar-refractivity contribution in [1.82, 2.24) is 24.1 Å². The summed E-state index contributed by atoms with van der Waals surface area (Å²) in [7, 11) is -3.75. The van der Waals surface area contributed by atoms with Gasteiger partial charge in [0.25, 0.3) is 0 Å². The Morgan fingerprint density at radius 3 is 2.67 bits per heavy atom. The highest BCUT2D eigenvalue weighted by atomic mass is 32.2. The molecule has 5 rings (SSSR count). The lowest BCUT2D eigenvalue weighted by Gasteiger charge is -2.27. The van der Waals surface area contributed by atoms with E-state index in [0.29, 0.717) is 36.3 Å². The largest absolute Gasteiger partial charge is 0.369 e. The van der Waals surface area contributed by atoms with Crippen LogP contribution in [0.25, 0.3) is 17.0 Å². The molecule has 2 fully saturated rings. The van der Waals surface area contributed by atoms with E-state index in [2.05, 4.69) is 25.7 Å². The van der Waals surface area contributed by atoms with E-state index in [1.54, 1.807) is 28.8 Å². The number of nitrogen functional groups attached to an aromatic ring is 1. The molecule has 2 aromatic heterocycles. The van der Waals surface area contributed by atoms with Gasteiger partial charge in [-0.1, -0.05) is 6.07 Å². The number of nitrogens with zero attached hydrogens (tertiary/aromatic N) is 5. The molecule has 2 aliphatic rings. The van der Waals surface area contributed by atoms with Crippen molar-refractivity contribution in [3.05, 3.63) is 36.3 Å². The Labute approximate surface area is 174 Å². The molecule has 0 saturated heterocycles. The maximum Gasteiger partial charge on any atom is 0.241 e. The molecular weight excluding hydrogens is 402 g/mol. The number of rotatable bonds is 4. The van der Waals surface area contributed by atoms with Crippen molar-refractivity contribution in [2.24, 2.45) is 5.41 Å². The first-order valence-electron chi connectivity index (χ1n) is 9.77. The summed E-state index contributed by atoms with van der Waals surface area (Å²) in [6, 6.07) is 7.40. The molecule has 154 valence electrons. The Balaban J connectivity index is 1.51. The van der Waals surface area contributed by atoms with Gasteiger partial charge >= 0.3 is 0 Å². The van der Waals surface area contributed by atoms with Crippen LogP contribution in [-0.2, 0) is 10.0 Å². The van der Waals surface area contributed by atoms with E-state index < -0.39 is 15.6 Å². The number of nitrogens with two attached hydrogens (primary N) is 1. The Morgan fingerprint density at radius 2 is 2.00 bits per heavy atom. The van der Waals surface area contributed by atoms with Crippen LogP contribution in [0.1, 0.15) is 37.7 Å². The van der Waals surface area contributed by atoms with Crippen LogP contribution < -0.4 is 10.5 Å². The second-order valence-electron chi connectivity index (χ2n) is 8.46. The van der Waals surface area contributed by atoms with Gasteiger partial charge in [-0.05, 0) is 56.7 Å². The number of imidazole rings is 1. The van der Waals surface area contributed by atoms with Crippen LogP contribution in [0.5, 0.6) is 0 Å². The number of anilines is 1. The minimum atomic E-state index is -3.75. The third kappa shape index (κ3) is 2.85. The topological polar surface area (TPSA) is 139 Å². The summed E-state index contributed by atoms with van der Waals surface area (Å²) >= 11 is 0. The second-order valence-corrected chi connectivity index (χ2v) is 10.1. The van der Waals surface area contributed by atoms with Crippen molar-refractivity contribution in [1.29, 1.82) is 5.26 Å². The first-order chi connectivity index (χ1) is 14.2. The summed E-state index contributed by atoms with van der Waals surface area (Å²) in [6.45, 7) is 1.89. The summed E-state index contributed by atoms with van der Waals surface area (Å²) in [5, 5.41) is 9.49. The Kier molecular flexibility index (Phi) is 3.94. The number of aromatic nitrogens is 4. The molecule has 0 radical (unpaired) electrons. The van der Waals surface area contributed by atoms with Crippen LogP contribution >= 0.6 is 0 Å². The first kappa shape index (κ1) is 19.0. The molecule has 0 amide bonds. The molecule has 2 aliphatic carbocycles. The van der Waals surface area contributed by atoms with E-state index in [1.165, 1.54) is 6.33 Å². The van der Waals surface area contributed by atoms with Crippen molar-refractivity contribution in [2.75, 3.05) is 5.73 Å². The smallest absolute Gasteiger partial charge is 0.241 e. The molecule has 1 aromatic carbocycles. The van der Waals surface area contributed by atoms with E-state index in [9.17, 15) is 13.7 Å². The predicted molar refractivity (Wildman–Crippen MR) is 110 cm³/mol. The summed E-state index contributed by atoms with van der Waals surface area (Å²) in [4.78, 5) is 12.7. The standard InChI is InChI=1S/C20H21N7O2S/c1-13-2-3-14(8-15(13)16-9-27-17(22)23-12-24-18(27)25-16)30(28,29)26-20-6-4-19(10-20,11-21)5-7-20/h2-3,8-9,12,26H,4-7,10H2,1H3,(H2,22,23,24,25). The van der Waals surface area contributed by atoms with Crippen LogP contribution in [0.2, 0.25) is 0 Å². The molecule has 10 heteroatoms. The molecule has 0 aliphatic heterocycles. The highest BCUT2D eigenvalue weighted by Gasteiger charge is 2.56. The lowest BCUT2D eigenvalue weighted by atomic mass is 9.86. The third-order valence-electron chi connectivity index (χ3n) is 6.52. The fourth-order valence-electron chi connectivity index (χ4n) is 4.85. The van der Waals surface area contributed by atoms with Gasteiger partial charge in [0, 0.05) is 17.3 Å². The van der Waals surface area contributed by atoms with Crippen molar-refractivity contribution in [2.45, 2.75) is 49.5 Å². The van der Waals surface area contributed by atoms with E-state index in [4.69, 9.17) is 5.73 Å². The zero-order valence-corrected chi connectivity index (χ0v) is 17.3. The van der Waals surface area contributed by atoms with E-state index in [1.807, 2.05) is 6.92 Å². The number of nitriles is 1. The maximum atomic E-state index is 13.2. The van der Waals surface area contributed by atoms with Crippen LogP contribution in [0, 0.1) is 23.7 Å². The molecular formula is C20H21N7O2S. The molecule has 0 spiro atoms. The fourth-order valence-corrected chi connectivity index (χ4v) is 6.33. The molecule has 2 bridgehead atoms. The van der Waals surface area contributed by atoms with Gasteiger partial charge in [-0.25, -0.2) is 28.1 Å². The first-order valence-corrected chi connectivity index (χ1v) is 11.3. The van der Waals surface area contributed by atoms with Crippen LogP contribution in [0.3, 0.4) is 0 Å². The van der Waals surface area contributed by atoms with Gasteiger partial charge in [0.1, 0.15) is 6.33 Å². The Morgan fingerprint density at radius 1 is 1.23 bits per heavy atom. The molecule has 3 aromatic rings. The molecule has 30 heavy (non-hydrogen) atoms. The van der Waals surface area contributed by atoms with E-state index in [-0.39, 0.29) is 16.3 Å². The van der Waals surface area contributed by atoms with Crippen molar-refractivity contribution in [3.8, 4) is 17.3 Å². The highest BCUT2D eigenvalue weighted by molar-refractivity contribution is 7.89. The lowest BCUT2D eigenvalue weighted by Crippen LogP contribution is -2.44. The van der Waals surface area contributed by atoms with Gasteiger partial charge in [-0.2, -0.15) is 5.26 Å². The molecule has 0 atom stereocenters. The summed E-state index contributed by atoms with van der Waals surface area (Å²) < 4.78 is 30.9. The van der Waals surface area contributed by atoms with Crippen molar-refractivity contribution in [3.63, 3.8) is 0 Å². The summed E-state index contributed by atoms with van der Waals surface area (Å²) in [5.74, 6) is 0.649. The normalized spacial score (nSPS) is 25.6. The number of hydrogen-bond donors (Lipinski definition) is 2. The van der Waals surface area contributed by atoms with Crippen LogP contribution in [0.4, 0.5) is 5.95 Å². The molecule has 2 saturated carbocycles. The third-order valence-corrected chi connectivity index (χ3v) is 8.10. The summed E-state index contributed by atoms with van der Waals surface area (Å²) in [5.41, 5.74) is 7.11. The van der Waals surface area contributed by atoms with E-state index >= 15 is 0 Å². The van der Waals surface area contributed by atoms with Gasteiger partial charge in [-0.15, -0.1) is 0 Å².